The summed E-state index contributed by atoms with van der Waals surface area (Å²) >= 11 is 17.5. The molecule has 154 valence electrons. The molecule has 0 unspecified atom stereocenters. The van der Waals surface area contributed by atoms with Gasteiger partial charge in [-0.2, -0.15) is 0 Å². The zero-order valence-electron chi connectivity index (χ0n) is 15.8. The van der Waals surface area contributed by atoms with Crippen molar-refractivity contribution in [2.75, 3.05) is 18.6 Å². The summed E-state index contributed by atoms with van der Waals surface area (Å²) in [6, 6.07) is 9.82. The van der Waals surface area contributed by atoms with Crippen LogP contribution in [0, 0.1) is 0 Å². The molecular weight excluding hydrogens is 447 g/mol. The topological polar surface area (TPSA) is 67.9 Å². The van der Waals surface area contributed by atoms with Crippen LogP contribution in [0.15, 0.2) is 54.6 Å². The molecule has 1 aliphatic heterocycles. The average molecular weight is 463 g/mol. The summed E-state index contributed by atoms with van der Waals surface area (Å²) in [7, 11) is 1.49. The minimum Gasteiger partial charge on any atom is -0.493 e. The van der Waals surface area contributed by atoms with Crippen molar-refractivity contribution >= 4 is 64.1 Å². The third-order valence-electron chi connectivity index (χ3n) is 4.13. The second-order valence-corrected chi connectivity index (χ2v) is 7.21. The largest absolute Gasteiger partial charge is 0.493 e. The lowest BCUT2D eigenvalue weighted by Gasteiger charge is -2.29. The van der Waals surface area contributed by atoms with Crippen molar-refractivity contribution in [2.24, 2.45) is 0 Å². The molecule has 6 nitrogen and oxygen atoms in total. The minimum atomic E-state index is -0.626. The van der Waals surface area contributed by atoms with Gasteiger partial charge in [0.1, 0.15) is 12.2 Å². The van der Waals surface area contributed by atoms with Crippen molar-refractivity contribution in [3.8, 4) is 11.5 Å². The van der Waals surface area contributed by atoms with Crippen LogP contribution >= 0.6 is 35.4 Å². The third kappa shape index (κ3) is 4.33. The number of benzene rings is 2. The van der Waals surface area contributed by atoms with E-state index >= 15 is 0 Å². The normalized spacial score (nSPS) is 15.2. The maximum Gasteiger partial charge on any atom is 0.270 e. The summed E-state index contributed by atoms with van der Waals surface area (Å²) in [5.74, 6) is -0.295. The summed E-state index contributed by atoms with van der Waals surface area (Å²) in [6.45, 7) is 3.91. The first-order chi connectivity index (χ1) is 14.4. The fourth-order valence-corrected chi connectivity index (χ4v) is 3.40. The Morgan fingerprint density at radius 3 is 2.67 bits per heavy atom. The first-order valence-electron chi connectivity index (χ1n) is 8.64. The van der Waals surface area contributed by atoms with E-state index in [9.17, 15) is 9.59 Å². The SMILES string of the molecule is C=CCOc1ccc(/C=C2/C(=O)NC(=S)N(c3cccc(Cl)c3Cl)C2=O)cc1OC. The van der Waals surface area contributed by atoms with Crippen LogP contribution in [0.5, 0.6) is 11.5 Å². The second-order valence-electron chi connectivity index (χ2n) is 6.04. The number of nitrogens with zero attached hydrogens (tertiary/aromatic N) is 1. The van der Waals surface area contributed by atoms with E-state index in [0.29, 0.717) is 23.7 Å². The lowest BCUT2D eigenvalue weighted by atomic mass is 10.1. The molecule has 0 aromatic heterocycles. The Hall–Kier alpha value is -2.87. The van der Waals surface area contributed by atoms with Gasteiger partial charge in [0.05, 0.1) is 22.8 Å². The molecule has 0 atom stereocenters. The van der Waals surface area contributed by atoms with Crippen LogP contribution in [0.4, 0.5) is 5.69 Å². The van der Waals surface area contributed by atoms with E-state index in [1.165, 1.54) is 13.2 Å². The van der Waals surface area contributed by atoms with Crippen molar-refractivity contribution in [3.63, 3.8) is 0 Å². The number of amides is 2. The monoisotopic (exact) mass is 462 g/mol. The average Bonchev–Trinajstić information content (AvgIpc) is 2.72. The molecule has 2 amide bonds. The smallest absolute Gasteiger partial charge is 0.270 e. The molecule has 0 radical (unpaired) electrons. The van der Waals surface area contributed by atoms with Crippen LogP contribution in [-0.2, 0) is 9.59 Å². The van der Waals surface area contributed by atoms with E-state index in [4.69, 9.17) is 44.9 Å². The first-order valence-corrected chi connectivity index (χ1v) is 9.81. The lowest BCUT2D eigenvalue weighted by molar-refractivity contribution is -0.122. The zero-order valence-corrected chi connectivity index (χ0v) is 18.1. The van der Waals surface area contributed by atoms with Crippen LogP contribution in [-0.4, -0.2) is 30.6 Å². The molecule has 0 saturated carbocycles. The zero-order chi connectivity index (χ0) is 21.8. The van der Waals surface area contributed by atoms with Gasteiger partial charge in [-0.25, -0.2) is 0 Å². The van der Waals surface area contributed by atoms with E-state index < -0.39 is 11.8 Å². The quantitative estimate of drug-likeness (QED) is 0.298. The van der Waals surface area contributed by atoms with Gasteiger partial charge < -0.3 is 9.47 Å². The Kier molecular flexibility index (Phi) is 6.77. The van der Waals surface area contributed by atoms with Gasteiger partial charge in [-0.1, -0.05) is 48.0 Å². The predicted octanol–water partition coefficient (Wildman–Crippen LogP) is 4.40. The number of carbonyl (C=O) groups excluding carboxylic acids is 2. The first kappa shape index (κ1) is 21.8. The van der Waals surface area contributed by atoms with Gasteiger partial charge in [-0.15, -0.1) is 0 Å². The maximum absolute atomic E-state index is 13.1. The number of anilines is 1. The number of rotatable bonds is 6. The number of methoxy groups -OCH3 is 1. The highest BCUT2D eigenvalue weighted by molar-refractivity contribution is 7.80. The van der Waals surface area contributed by atoms with Gasteiger partial charge in [0.2, 0.25) is 0 Å². The summed E-state index contributed by atoms with van der Waals surface area (Å²) in [5, 5.41) is 2.82. The summed E-state index contributed by atoms with van der Waals surface area (Å²) in [4.78, 5) is 26.7. The van der Waals surface area contributed by atoms with Crippen molar-refractivity contribution in [2.45, 2.75) is 0 Å². The summed E-state index contributed by atoms with van der Waals surface area (Å²) in [6.07, 6.45) is 3.05. The molecule has 2 aromatic rings. The van der Waals surface area contributed by atoms with Gasteiger partial charge in [-0.05, 0) is 48.1 Å². The Morgan fingerprint density at radius 2 is 1.97 bits per heavy atom. The molecule has 0 bridgehead atoms. The predicted molar refractivity (Wildman–Crippen MR) is 121 cm³/mol. The number of hydrogen-bond donors (Lipinski definition) is 1. The van der Waals surface area contributed by atoms with Crippen molar-refractivity contribution < 1.29 is 19.1 Å². The minimum absolute atomic E-state index is 0.0860. The van der Waals surface area contributed by atoms with Crippen LogP contribution in [0.25, 0.3) is 6.08 Å². The van der Waals surface area contributed by atoms with Gasteiger partial charge in [-0.3, -0.25) is 19.8 Å². The van der Waals surface area contributed by atoms with Crippen LogP contribution < -0.4 is 19.7 Å². The molecule has 1 heterocycles. The van der Waals surface area contributed by atoms with Crippen molar-refractivity contribution in [1.82, 2.24) is 5.32 Å². The molecule has 1 fully saturated rings. The Morgan fingerprint density at radius 1 is 1.20 bits per heavy atom. The van der Waals surface area contributed by atoms with E-state index in [-0.39, 0.29) is 26.4 Å². The highest BCUT2D eigenvalue weighted by atomic mass is 35.5. The highest BCUT2D eigenvalue weighted by Gasteiger charge is 2.35. The molecule has 2 aromatic carbocycles. The molecule has 30 heavy (non-hydrogen) atoms. The Bertz CT molecular complexity index is 1080. The fourth-order valence-electron chi connectivity index (χ4n) is 2.75. The van der Waals surface area contributed by atoms with E-state index in [2.05, 4.69) is 11.9 Å². The van der Waals surface area contributed by atoms with E-state index in [0.717, 1.165) is 4.90 Å². The maximum atomic E-state index is 13.1. The number of nitrogens with one attached hydrogen (secondary N) is 1. The van der Waals surface area contributed by atoms with Crippen LogP contribution in [0.2, 0.25) is 10.0 Å². The standard InChI is InChI=1S/C21H16Cl2N2O4S/c1-3-9-29-16-8-7-12(11-17(16)28-2)10-13-19(26)24-21(30)25(20(13)27)15-6-4-5-14(22)18(15)23/h3-8,10-11H,1,9H2,2H3,(H,24,26,30)/b13-10-. The van der Waals surface area contributed by atoms with E-state index in [1.807, 2.05) is 0 Å². The van der Waals surface area contributed by atoms with Gasteiger partial charge in [0.25, 0.3) is 11.8 Å². The molecule has 1 aliphatic rings. The van der Waals surface area contributed by atoms with Crippen molar-refractivity contribution in [1.29, 1.82) is 0 Å². The molecular formula is C21H16Cl2N2O4S. The number of halogens is 2. The molecule has 3 rings (SSSR count). The van der Waals surface area contributed by atoms with Crippen LogP contribution in [0.3, 0.4) is 0 Å². The molecule has 9 heteroatoms. The number of ether oxygens (including phenoxy) is 2. The van der Waals surface area contributed by atoms with Gasteiger partial charge in [0.15, 0.2) is 16.6 Å². The summed E-state index contributed by atoms with van der Waals surface area (Å²) < 4.78 is 10.8. The van der Waals surface area contributed by atoms with Gasteiger partial charge in [0, 0.05) is 0 Å². The number of carbonyl (C=O) groups is 2. The lowest BCUT2D eigenvalue weighted by Crippen LogP contribution is -2.54. The number of thiocarbonyl (C=S) groups is 1. The van der Waals surface area contributed by atoms with Gasteiger partial charge >= 0.3 is 0 Å². The highest BCUT2D eigenvalue weighted by Crippen LogP contribution is 2.35. The Balaban J connectivity index is 2.00. The Labute approximate surface area is 188 Å². The van der Waals surface area contributed by atoms with Crippen molar-refractivity contribution in [3.05, 3.63) is 70.2 Å². The third-order valence-corrected chi connectivity index (χ3v) is 5.22. The molecule has 1 saturated heterocycles. The van der Waals surface area contributed by atoms with Crippen LogP contribution in [0.1, 0.15) is 5.56 Å². The molecule has 1 N–H and O–H groups in total. The fraction of sp³-hybridized carbons (Fsp3) is 0.0952. The molecule has 0 spiro atoms. The second kappa shape index (κ2) is 9.30. The van der Waals surface area contributed by atoms with E-state index in [1.54, 1.807) is 42.5 Å². The number of hydrogen-bond acceptors (Lipinski definition) is 5. The summed E-state index contributed by atoms with van der Waals surface area (Å²) in [5.41, 5.74) is 0.707. The molecule has 0 aliphatic carbocycles.